The third kappa shape index (κ3) is 3.71. The van der Waals surface area contributed by atoms with Crippen molar-refractivity contribution in [2.45, 2.75) is 32.2 Å². The van der Waals surface area contributed by atoms with E-state index >= 15 is 0 Å². The molecule has 0 aliphatic rings. The Kier molecular flexibility index (Phi) is 6.20. The number of carbonyl (C=O) groups excluding carboxylic acids is 1. The molecule has 0 aliphatic heterocycles. The minimum atomic E-state index is -0.311. The summed E-state index contributed by atoms with van der Waals surface area (Å²) in [6.45, 7) is 4.49. The summed E-state index contributed by atoms with van der Waals surface area (Å²) in [7, 11) is 1.83. The molecular formula is C11H21ClN4O. The zero-order chi connectivity index (χ0) is 12.2. The second kappa shape index (κ2) is 6.61. The van der Waals surface area contributed by atoms with E-state index in [0.29, 0.717) is 12.2 Å². The van der Waals surface area contributed by atoms with Gasteiger partial charge in [0.2, 0.25) is 0 Å². The molecular weight excluding hydrogens is 240 g/mol. The number of nitrogens with zero attached hydrogens (tertiary/aromatic N) is 2. The van der Waals surface area contributed by atoms with Gasteiger partial charge < -0.3 is 15.6 Å². The molecule has 0 atom stereocenters. The van der Waals surface area contributed by atoms with Crippen LogP contribution in [0.5, 0.6) is 0 Å². The summed E-state index contributed by atoms with van der Waals surface area (Å²) < 4.78 is 1.75. The standard InChI is InChI=1S/C11H20N4O.ClH/c1-4-11(5-2,7-12)14-10(16)9-6-15(3)8-13-9;/h6,8H,4-5,7,12H2,1-3H3,(H,14,16);1H. The Labute approximate surface area is 108 Å². The Morgan fingerprint density at radius 3 is 2.47 bits per heavy atom. The highest BCUT2D eigenvalue weighted by Crippen LogP contribution is 2.13. The van der Waals surface area contributed by atoms with E-state index in [1.807, 2.05) is 20.9 Å². The fourth-order valence-corrected chi connectivity index (χ4v) is 1.60. The zero-order valence-electron chi connectivity index (χ0n) is 10.6. The second-order valence-electron chi connectivity index (χ2n) is 4.07. The van der Waals surface area contributed by atoms with Gasteiger partial charge in [0.15, 0.2) is 0 Å². The number of nitrogens with two attached hydrogens (primary N) is 1. The average molecular weight is 261 g/mol. The van der Waals surface area contributed by atoms with Crippen LogP contribution in [0.4, 0.5) is 0 Å². The summed E-state index contributed by atoms with van der Waals surface area (Å²) in [6, 6.07) is 0. The molecule has 3 N–H and O–H groups in total. The summed E-state index contributed by atoms with van der Waals surface area (Å²) in [5.41, 5.74) is 5.84. The number of imidazole rings is 1. The lowest BCUT2D eigenvalue weighted by Crippen LogP contribution is -2.52. The number of rotatable bonds is 5. The van der Waals surface area contributed by atoms with Gasteiger partial charge in [-0.05, 0) is 12.8 Å². The van der Waals surface area contributed by atoms with E-state index in [0.717, 1.165) is 12.8 Å². The maximum Gasteiger partial charge on any atom is 0.271 e. The van der Waals surface area contributed by atoms with Gasteiger partial charge in [0, 0.05) is 19.8 Å². The lowest BCUT2D eigenvalue weighted by atomic mass is 9.93. The monoisotopic (exact) mass is 260 g/mol. The van der Waals surface area contributed by atoms with E-state index < -0.39 is 0 Å². The molecule has 98 valence electrons. The van der Waals surface area contributed by atoms with Crippen molar-refractivity contribution in [3.63, 3.8) is 0 Å². The normalized spacial score (nSPS) is 10.8. The number of nitrogens with one attached hydrogen (secondary N) is 1. The molecule has 1 aromatic rings. The maximum atomic E-state index is 11.9. The van der Waals surface area contributed by atoms with Crippen molar-refractivity contribution < 1.29 is 4.79 Å². The topological polar surface area (TPSA) is 72.9 Å². The van der Waals surface area contributed by atoms with Gasteiger partial charge in [-0.3, -0.25) is 4.79 Å². The molecule has 0 aliphatic carbocycles. The Hall–Kier alpha value is -1.07. The molecule has 1 amide bonds. The van der Waals surface area contributed by atoms with Crippen molar-refractivity contribution in [2.75, 3.05) is 6.54 Å². The number of hydrogen-bond acceptors (Lipinski definition) is 3. The second-order valence-corrected chi connectivity index (χ2v) is 4.07. The van der Waals surface area contributed by atoms with Gasteiger partial charge in [-0.15, -0.1) is 12.4 Å². The van der Waals surface area contributed by atoms with Crippen LogP contribution in [0.3, 0.4) is 0 Å². The van der Waals surface area contributed by atoms with Crippen LogP contribution in [0.15, 0.2) is 12.5 Å². The lowest BCUT2D eigenvalue weighted by molar-refractivity contribution is 0.0890. The molecule has 0 bridgehead atoms. The number of aryl methyl sites for hydroxylation is 1. The van der Waals surface area contributed by atoms with Gasteiger partial charge in [0.1, 0.15) is 5.69 Å². The van der Waals surface area contributed by atoms with Gasteiger partial charge in [0.05, 0.1) is 11.9 Å². The number of hydrogen-bond donors (Lipinski definition) is 2. The highest BCUT2D eigenvalue weighted by atomic mass is 35.5. The first kappa shape index (κ1) is 15.9. The summed E-state index contributed by atoms with van der Waals surface area (Å²) in [4.78, 5) is 15.9. The van der Waals surface area contributed by atoms with E-state index in [2.05, 4.69) is 10.3 Å². The molecule has 0 radical (unpaired) electrons. The van der Waals surface area contributed by atoms with Crippen LogP contribution in [0.2, 0.25) is 0 Å². The Morgan fingerprint density at radius 1 is 1.53 bits per heavy atom. The van der Waals surface area contributed by atoms with Gasteiger partial charge in [-0.1, -0.05) is 13.8 Å². The fraction of sp³-hybridized carbons (Fsp3) is 0.636. The van der Waals surface area contributed by atoms with E-state index in [4.69, 9.17) is 5.73 Å². The van der Waals surface area contributed by atoms with Crippen molar-refractivity contribution >= 4 is 18.3 Å². The number of halogens is 1. The molecule has 1 heterocycles. The van der Waals surface area contributed by atoms with Crippen LogP contribution in [0, 0.1) is 0 Å². The molecule has 0 aromatic carbocycles. The summed E-state index contributed by atoms with van der Waals surface area (Å²) in [6.07, 6.45) is 4.94. The van der Waals surface area contributed by atoms with E-state index in [1.165, 1.54) is 0 Å². The Morgan fingerprint density at radius 2 is 2.12 bits per heavy atom. The first-order valence-corrected chi connectivity index (χ1v) is 5.57. The van der Waals surface area contributed by atoms with Crippen LogP contribution in [0.25, 0.3) is 0 Å². The molecule has 0 spiro atoms. The predicted octanol–water partition coefficient (Wildman–Crippen LogP) is 1.09. The minimum Gasteiger partial charge on any atom is -0.344 e. The average Bonchev–Trinajstić information content (AvgIpc) is 2.73. The molecule has 5 nitrogen and oxygen atoms in total. The van der Waals surface area contributed by atoms with E-state index in [9.17, 15) is 4.79 Å². The van der Waals surface area contributed by atoms with Crippen LogP contribution >= 0.6 is 12.4 Å². The molecule has 17 heavy (non-hydrogen) atoms. The predicted molar refractivity (Wildman–Crippen MR) is 70.3 cm³/mol. The van der Waals surface area contributed by atoms with Crippen LogP contribution in [-0.2, 0) is 7.05 Å². The molecule has 0 saturated heterocycles. The molecule has 0 saturated carbocycles. The number of aromatic nitrogens is 2. The summed E-state index contributed by atoms with van der Waals surface area (Å²) in [5.74, 6) is -0.158. The third-order valence-electron chi connectivity index (χ3n) is 3.06. The van der Waals surface area contributed by atoms with Crippen LogP contribution in [-0.4, -0.2) is 27.5 Å². The van der Waals surface area contributed by atoms with Gasteiger partial charge in [-0.2, -0.15) is 0 Å². The highest BCUT2D eigenvalue weighted by molar-refractivity contribution is 5.92. The number of amides is 1. The van der Waals surface area contributed by atoms with E-state index in [1.54, 1.807) is 17.1 Å². The summed E-state index contributed by atoms with van der Waals surface area (Å²) >= 11 is 0. The minimum absolute atomic E-state index is 0. The van der Waals surface area contributed by atoms with Crippen molar-refractivity contribution in [1.29, 1.82) is 0 Å². The van der Waals surface area contributed by atoms with Gasteiger partial charge in [0.25, 0.3) is 5.91 Å². The lowest BCUT2D eigenvalue weighted by Gasteiger charge is -2.31. The van der Waals surface area contributed by atoms with Crippen molar-refractivity contribution in [2.24, 2.45) is 12.8 Å². The largest absolute Gasteiger partial charge is 0.344 e. The van der Waals surface area contributed by atoms with Gasteiger partial charge >= 0.3 is 0 Å². The molecule has 0 unspecified atom stereocenters. The first-order valence-electron chi connectivity index (χ1n) is 5.57. The van der Waals surface area contributed by atoms with Crippen LogP contribution < -0.4 is 11.1 Å². The van der Waals surface area contributed by atoms with Crippen molar-refractivity contribution in [3.05, 3.63) is 18.2 Å². The Balaban J connectivity index is 0.00000256. The summed E-state index contributed by atoms with van der Waals surface area (Å²) in [5, 5.41) is 2.97. The van der Waals surface area contributed by atoms with Crippen molar-refractivity contribution in [1.82, 2.24) is 14.9 Å². The van der Waals surface area contributed by atoms with E-state index in [-0.39, 0.29) is 23.9 Å². The van der Waals surface area contributed by atoms with Crippen molar-refractivity contribution in [3.8, 4) is 0 Å². The van der Waals surface area contributed by atoms with Crippen LogP contribution in [0.1, 0.15) is 37.2 Å². The smallest absolute Gasteiger partial charge is 0.271 e. The maximum absolute atomic E-state index is 11.9. The zero-order valence-corrected chi connectivity index (χ0v) is 11.4. The first-order chi connectivity index (χ1) is 7.56. The highest BCUT2D eigenvalue weighted by Gasteiger charge is 2.27. The Bertz CT molecular complexity index is 352. The molecule has 1 rings (SSSR count). The quantitative estimate of drug-likeness (QED) is 0.832. The van der Waals surface area contributed by atoms with Gasteiger partial charge in [-0.25, -0.2) is 4.98 Å². The molecule has 1 aromatic heterocycles. The SMILES string of the molecule is CCC(CC)(CN)NC(=O)c1cn(C)cn1.Cl. The number of carbonyl (C=O) groups is 1. The molecule has 0 fully saturated rings. The third-order valence-corrected chi connectivity index (χ3v) is 3.06. The fourth-order valence-electron chi connectivity index (χ4n) is 1.60. The molecule has 6 heteroatoms.